The molecule has 0 radical (unpaired) electrons. The van der Waals surface area contributed by atoms with Crippen molar-refractivity contribution < 1.29 is 4.39 Å². The summed E-state index contributed by atoms with van der Waals surface area (Å²) in [5.41, 5.74) is 1.65. The van der Waals surface area contributed by atoms with Crippen LogP contribution in [-0.2, 0) is 0 Å². The second-order valence-corrected chi connectivity index (χ2v) is 5.55. The molecule has 1 atom stereocenters. The van der Waals surface area contributed by atoms with Crippen LogP contribution in [0.5, 0.6) is 0 Å². The largest absolute Gasteiger partial charge is 0.381 e. The number of anilines is 2. The lowest BCUT2D eigenvalue weighted by Crippen LogP contribution is -2.38. The molecule has 1 unspecified atom stereocenters. The quantitative estimate of drug-likeness (QED) is 0.877. The Labute approximate surface area is 114 Å². The van der Waals surface area contributed by atoms with E-state index in [1.807, 2.05) is 12.1 Å². The summed E-state index contributed by atoms with van der Waals surface area (Å²) in [4.78, 5) is 2.14. The average Bonchev–Trinajstić information content (AvgIpc) is 2.94. The fourth-order valence-electron chi connectivity index (χ4n) is 3.02. The molecule has 2 fully saturated rings. The number of halogens is 1. The molecule has 0 spiro atoms. The standard InChI is InChI=1S/C15H22FN3/c16-14-10-12(18-13-4-3-7-17-11-13)5-6-15(14)19-8-1-2-9-19/h5-6,10,13,17-18H,1-4,7-9,11H2. The molecule has 4 heteroatoms. The number of hydrogen-bond acceptors (Lipinski definition) is 3. The van der Waals surface area contributed by atoms with Crippen LogP contribution in [0.4, 0.5) is 15.8 Å². The van der Waals surface area contributed by atoms with Crippen molar-refractivity contribution in [1.82, 2.24) is 5.32 Å². The van der Waals surface area contributed by atoms with Gasteiger partial charge < -0.3 is 15.5 Å². The van der Waals surface area contributed by atoms with Gasteiger partial charge in [0.1, 0.15) is 5.82 Å². The number of benzene rings is 1. The molecule has 2 aliphatic rings. The van der Waals surface area contributed by atoms with E-state index in [1.54, 1.807) is 6.07 Å². The van der Waals surface area contributed by atoms with Crippen LogP contribution in [0.15, 0.2) is 18.2 Å². The lowest BCUT2D eigenvalue weighted by atomic mass is 10.1. The predicted octanol–water partition coefficient (Wildman–Crippen LogP) is 2.59. The third kappa shape index (κ3) is 3.00. The second-order valence-electron chi connectivity index (χ2n) is 5.55. The molecule has 2 heterocycles. The van der Waals surface area contributed by atoms with Crippen molar-refractivity contribution in [3.05, 3.63) is 24.0 Å². The van der Waals surface area contributed by atoms with Crippen LogP contribution >= 0.6 is 0 Å². The SMILES string of the molecule is Fc1cc(NC2CCCNC2)ccc1N1CCCC1. The van der Waals surface area contributed by atoms with E-state index < -0.39 is 0 Å². The molecule has 0 bridgehead atoms. The van der Waals surface area contributed by atoms with Gasteiger partial charge in [-0.05, 0) is 50.4 Å². The van der Waals surface area contributed by atoms with E-state index in [9.17, 15) is 4.39 Å². The van der Waals surface area contributed by atoms with Crippen LogP contribution < -0.4 is 15.5 Å². The Bertz CT molecular complexity index is 423. The molecule has 2 N–H and O–H groups in total. The molecule has 1 aromatic carbocycles. The summed E-state index contributed by atoms with van der Waals surface area (Å²) in [6.45, 7) is 4.03. The summed E-state index contributed by atoms with van der Waals surface area (Å²) < 4.78 is 14.2. The Hall–Kier alpha value is -1.29. The van der Waals surface area contributed by atoms with Crippen molar-refractivity contribution in [2.24, 2.45) is 0 Å². The fraction of sp³-hybridized carbons (Fsp3) is 0.600. The first-order chi connectivity index (χ1) is 9.33. The monoisotopic (exact) mass is 263 g/mol. The van der Waals surface area contributed by atoms with Gasteiger partial charge in [-0.15, -0.1) is 0 Å². The van der Waals surface area contributed by atoms with Gasteiger partial charge in [-0.2, -0.15) is 0 Å². The van der Waals surface area contributed by atoms with E-state index in [0.29, 0.717) is 6.04 Å². The molecule has 2 saturated heterocycles. The van der Waals surface area contributed by atoms with Crippen molar-refractivity contribution in [3.8, 4) is 0 Å². The number of nitrogens with zero attached hydrogens (tertiary/aromatic N) is 1. The molecule has 3 rings (SSSR count). The van der Waals surface area contributed by atoms with Crippen LogP contribution in [0.25, 0.3) is 0 Å². The van der Waals surface area contributed by atoms with Gasteiger partial charge in [0.25, 0.3) is 0 Å². The summed E-state index contributed by atoms with van der Waals surface area (Å²) in [7, 11) is 0. The summed E-state index contributed by atoms with van der Waals surface area (Å²) >= 11 is 0. The minimum atomic E-state index is -0.101. The first kappa shape index (κ1) is 12.7. The van der Waals surface area contributed by atoms with Crippen molar-refractivity contribution in [3.63, 3.8) is 0 Å². The lowest BCUT2D eigenvalue weighted by molar-refractivity contribution is 0.479. The number of nitrogens with one attached hydrogen (secondary N) is 2. The normalized spacial score (nSPS) is 23.6. The fourth-order valence-corrected chi connectivity index (χ4v) is 3.02. The maximum absolute atomic E-state index is 14.2. The van der Waals surface area contributed by atoms with Crippen molar-refractivity contribution in [2.75, 3.05) is 36.4 Å². The van der Waals surface area contributed by atoms with Gasteiger partial charge in [-0.25, -0.2) is 4.39 Å². The van der Waals surface area contributed by atoms with Crippen LogP contribution in [0.3, 0.4) is 0 Å². The Kier molecular flexibility index (Phi) is 3.87. The Balaban J connectivity index is 1.67. The maximum atomic E-state index is 14.2. The molecule has 19 heavy (non-hydrogen) atoms. The molecule has 3 nitrogen and oxygen atoms in total. The molecular weight excluding hydrogens is 241 g/mol. The van der Waals surface area contributed by atoms with Gasteiger partial charge in [0, 0.05) is 31.4 Å². The molecule has 0 amide bonds. The molecule has 0 saturated carbocycles. The zero-order chi connectivity index (χ0) is 13.1. The molecule has 104 valence electrons. The van der Waals surface area contributed by atoms with Gasteiger partial charge in [-0.3, -0.25) is 0 Å². The van der Waals surface area contributed by atoms with Crippen LogP contribution in [0.2, 0.25) is 0 Å². The van der Waals surface area contributed by atoms with Crippen LogP contribution in [-0.4, -0.2) is 32.2 Å². The Morgan fingerprint density at radius 1 is 1.21 bits per heavy atom. The highest BCUT2D eigenvalue weighted by atomic mass is 19.1. The smallest absolute Gasteiger partial charge is 0.148 e. The summed E-state index contributed by atoms with van der Waals surface area (Å²) in [6, 6.07) is 5.98. The average molecular weight is 263 g/mol. The topological polar surface area (TPSA) is 27.3 Å². The Morgan fingerprint density at radius 3 is 2.74 bits per heavy atom. The molecule has 2 aliphatic heterocycles. The van der Waals surface area contributed by atoms with Crippen LogP contribution in [0, 0.1) is 5.82 Å². The third-order valence-corrected chi connectivity index (χ3v) is 4.06. The van der Waals surface area contributed by atoms with E-state index in [0.717, 1.165) is 44.0 Å². The van der Waals surface area contributed by atoms with Gasteiger partial charge in [0.15, 0.2) is 0 Å². The minimum Gasteiger partial charge on any atom is -0.381 e. The van der Waals surface area contributed by atoms with Crippen molar-refractivity contribution in [2.45, 2.75) is 31.7 Å². The maximum Gasteiger partial charge on any atom is 0.148 e. The highest BCUT2D eigenvalue weighted by Crippen LogP contribution is 2.26. The van der Waals surface area contributed by atoms with Crippen LogP contribution in [0.1, 0.15) is 25.7 Å². The summed E-state index contributed by atoms with van der Waals surface area (Å²) in [5.74, 6) is -0.101. The number of piperidine rings is 1. The van der Waals surface area contributed by atoms with E-state index >= 15 is 0 Å². The van der Waals surface area contributed by atoms with Gasteiger partial charge in [0.2, 0.25) is 0 Å². The van der Waals surface area contributed by atoms with Crippen molar-refractivity contribution >= 4 is 11.4 Å². The zero-order valence-electron chi connectivity index (χ0n) is 11.3. The van der Waals surface area contributed by atoms with Gasteiger partial charge in [-0.1, -0.05) is 0 Å². The van der Waals surface area contributed by atoms with E-state index in [-0.39, 0.29) is 5.82 Å². The minimum absolute atomic E-state index is 0.101. The highest BCUT2D eigenvalue weighted by Gasteiger charge is 2.17. The van der Waals surface area contributed by atoms with Gasteiger partial charge >= 0.3 is 0 Å². The molecule has 0 aliphatic carbocycles. The van der Waals surface area contributed by atoms with E-state index in [4.69, 9.17) is 0 Å². The first-order valence-corrected chi connectivity index (χ1v) is 7.35. The summed E-state index contributed by atoms with van der Waals surface area (Å²) in [5, 5.41) is 6.78. The highest BCUT2D eigenvalue weighted by molar-refractivity contribution is 5.57. The molecule has 0 aromatic heterocycles. The molecule has 1 aromatic rings. The third-order valence-electron chi connectivity index (χ3n) is 4.06. The summed E-state index contributed by atoms with van der Waals surface area (Å²) in [6.07, 6.45) is 4.69. The Morgan fingerprint density at radius 2 is 2.05 bits per heavy atom. The lowest BCUT2D eigenvalue weighted by Gasteiger charge is -2.25. The van der Waals surface area contributed by atoms with Crippen molar-refractivity contribution in [1.29, 1.82) is 0 Å². The van der Waals surface area contributed by atoms with E-state index in [1.165, 1.54) is 19.3 Å². The molecular formula is C15H22FN3. The van der Waals surface area contributed by atoms with Gasteiger partial charge in [0.05, 0.1) is 5.69 Å². The number of hydrogen-bond donors (Lipinski definition) is 2. The zero-order valence-corrected chi connectivity index (χ0v) is 11.3. The van der Waals surface area contributed by atoms with E-state index in [2.05, 4.69) is 15.5 Å². The first-order valence-electron chi connectivity index (χ1n) is 7.35. The number of rotatable bonds is 3. The predicted molar refractivity (Wildman–Crippen MR) is 77.4 cm³/mol. The second kappa shape index (κ2) is 5.78.